The average molecular weight is 266 g/mol. The highest BCUT2D eigenvalue weighted by Crippen LogP contribution is 2.25. The molecule has 94 valence electrons. The molecule has 0 aliphatic heterocycles. The summed E-state index contributed by atoms with van der Waals surface area (Å²) in [6.07, 6.45) is 0.471. The van der Waals surface area contributed by atoms with E-state index in [-0.39, 0.29) is 5.78 Å². The molecule has 0 atom stereocenters. The number of rotatable bonds is 3. The number of benzene rings is 2. The summed E-state index contributed by atoms with van der Waals surface area (Å²) in [7, 11) is 0. The summed E-state index contributed by atoms with van der Waals surface area (Å²) in [5.41, 5.74) is 3.12. The first-order valence-electron chi connectivity index (χ1n) is 6.29. The average Bonchev–Trinajstić information content (AvgIpc) is 2.86. The van der Waals surface area contributed by atoms with Gasteiger partial charge in [-0.3, -0.25) is 4.79 Å². The van der Waals surface area contributed by atoms with Gasteiger partial charge in [0.25, 0.3) is 0 Å². The van der Waals surface area contributed by atoms with E-state index >= 15 is 0 Å². The molecular formula is C17H14OS. The van der Waals surface area contributed by atoms with Crippen LogP contribution in [0.5, 0.6) is 0 Å². The van der Waals surface area contributed by atoms with Gasteiger partial charge in [0, 0.05) is 16.7 Å². The van der Waals surface area contributed by atoms with Gasteiger partial charge >= 0.3 is 0 Å². The van der Waals surface area contributed by atoms with Crippen molar-refractivity contribution in [2.24, 2.45) is 0 Å². The molecule has 3 aromatic rings. The summed E-state index contributed by atoms with van der Waals surface area (Å²) in [4.78, 5) is 12.4. The van der Waals surface area contributed by atoms with Gasteiger partial charge in [-0.1, -0.05) is 42.0 Å². The molecule has 1 nitrogen and oxygen atoms in total. The van der Waals surface area contributed by atoms with Gasteiger partial charge in [0.15, 0.2) is 5.78 Å². The molecule has 2 heteroatoms. The molecule has 2 aromatic carbocycles. The zero-order valence-electron chi connectivity index (χ0n) is 10.7. The first kappa shape index (κ1) is 12.1. The van der Waals surface area contributed by atoms with Crippen LogP contribution in [0.15, 0.2) is 53.9 Å². The van der Waals surface area contributed by atoms with Crippen LogP contribution < -0.4 is 0 Å². The summed E-state index contributed by atoms with van der Waals surface area (Å²) in [5, 5.41) is 3.19. The maximum atomic E-state index is 12.4. The molecule has 0 saturated carbocycles. The van der Waals surface area contributed by atoms with Crippen LogP contribution in [-0.2, 0) is 6.42 Å². The van der Waals surface area contributed by atoms with Crippen molar-refractivity contribution in [3.63, 3.8) is 0 Å². The Balaban J connectivity index is 1.94. The second-order valence-electron chi connectivity index (χ2n) is 4.73. The molecule has 0 amide bonds. The fourth-order valence-corrected chi connectivity index (χ4v) is 3.25. The summed E-state index contributed by atoms with van der Waals surface area (Å²) < 4.78 is 1.10. The van der Waals surface area contributed by atoms with E-state index < -0.39 is 0 Å². The second-order valence-corrected chi connectivity index (χ2v) is 5.65. The highest BCUT2D eigenvalue weighted by Gasteiger charge is 2.11. The van der Waals surface area contributed by atoms with Crippen LogP contribution in [-0.4, -0.2) is 5.78 Å². The Kier molecular flexibility index (Phi) is 3.18. The van der Waals surface area contributed by atoms with Crippen molar-refractivity contribution in [2.45, 2.75) is 13.3 Å². The highest BCUT2D eigenvalue weighted by atomic mass is 32.1. The van der Waals surface area contributed by atoms with Gasteiger partial charge in [0.05, 0.1) is 0 Å². The molecule has 0 spiro atoms. The molecule has 0 radical (unpaired) electrons. The molecule has 0 aliphatic rings. The lowest BCUT2D eigenvalue weighted by atomic mass is 10.0. The van der Waals surface area contributed by atoms with Gasteiger partial charge in [0.2, 0.25) is 0 Å². The third kappa shape index (κ3) is 2.45. The maximum Gasteiger partial charge on any atom is 0.168 e. The van der Waals surface area contributed by atoms with E-state index in [9.17, 15) is 4.79 Å². The fourth-order valence-electron chi connectivity index (χ4n) is 2.32. The molecule has 0 aliphatic carbocycles. The number of carbonyl (C=O) groups excluding carboxylic acids is 1. The molecule has 3 rings (SSSR count). The minimum Gasteiger partial charge on any atom is -0.294 e. The first-order chi connectivity index (χ1) is 9.24. The lowest BCUT2D eigenvalue weighted by molar-refractivity contribution is 0.0994. The van der Waals surface area contributed by atoms with Crippen molar-refractivity contribution < 1.29 is 4.79 Å². The van der Waals surface area contributed by atoms with Crippen LogP contribution in [0.1, 0.15) is 21.5 Å². The van der Waals surface area contributed by atoms with E-state index in [1.165, 1.54) is 5.56 Å². The Bertz CT molecular complexity index is 740. The van der Waals surface area contributed by atoms with Gasteiger partial charge in [-0.2, -0.15) is 0 Å². The molecule has 1 aromatic heterocycles. The van der Waals surface area contributed by atoms with Crippen LogP contribution in [0.4, 0.5) is 0 Å². The van der Waals surface area contributed by atoms with Gasteiger partial charge < -0.3 is 0 Å². The SMILES string of the molecule is Cc1cccc(CC(=O)c2cccc3ccsc23)c1. The lowest BCUT2D eigenvalue weighted by Crippen LogP contribution is -2.03. The molecule has 0 saturated heterocycles. The predicted molar refractivity (Wildman–Crippen MR) is 81.0 cm³/mol. The van der Waals surface area contributed by atoms with Gasteiger partial charge in [-0.15, -0.1) is 11.3 Å². The molecule has 0 fully saturated rings. The second kappa shape index (κ2) is 4.98. The minimum atomic E-state index is 0.193. The van der Waals surface area contributed by atoms with Crippen molar-refractivity contribution in [2.75, 3.05) is 0 Å². The number of hydrogen-bond donors (Lipinski definition) is 0. The van der Waals surface area contributed by atoms with E-state index in [1.807, 2.05) is 42.6 Å². The Morgan fingerprint density at radius 3 is 2.79 bits per heavy atom. The molecule has 0 bridgehead atoms. The highest BCUT2D eigenvalue weighted by molar-refractivity contribution is 7.17. The van der Waals surface area contributed by atoms with Crippen LogP contribution in [0.25, 0.3) is 10.1 Å². The normalized spacial score (nSPS) is 10.8. The zero-order valence-corrected chi connectivity index (χ0v) is 11.5. The number of ketones is 1. The van der Waals surface area contributed by atoms with Gasteiger partial charge in [-0.05, 0) is 35.4 Å². The van der Waals surface area contributed by atoms with Crippen LogP contribution in [0, 0.1) is 6.92 Å². The monoisotopic (exact) mass is 266 g/mol. The summed E-state index contributed by atoms with van der Waals surface area (Å²) in [5.74, 6) is 0.193. The number of carbonyl (C=O) groups is 1. The van der Waals surface area contributed by atoms with E-state index in [1.54, 1.807) is 11.3 Å². The van der Waals surface area contributed by atoms with Crippen LogP contribution >= 0.6 is 11.3 Å². The maximum absolute atomic E-state index is 12.4. The van der Waals surface area contributed by atoms with Gasteiger partial charge in [-0.25, -0.2) is 0 Å². The van der Waals surface area contributed by atoms with Crippen molar-refractivity contribution in [1.29, 1.82) is 0 Å². The largest absolute Gasteiger partial charge is 0.294 e. The Morgan fingerprint density at radius 1 is 1.11 bits per heavy atom. The smallest absolute Gasteiger partial charge is 0.168 e. The molecule has 0 N–H and O–H groups in total. The lowest BCUT2D eigenvalue weighted by Gasteiger charge is -2.04. The number of aryl methyl sites for hydroxylation is 1. The van der Waals surface area contributed by atoms with E-state index in [0.717, 1.165) is 21.2 Å². The summed E-state index contributed by atoms with van der Waals surface area (Å²) in [6, 6.07) is 16.1. The first-order valence-corrected chi connectivity index (χ1v) is 7.17. The van der Waals surface area contributed by atoms with Crippen LogP contribution in [0.2, 0.25) is 0 Å². The Labute approximate surface area is 116 Å². The topological polar surface area (TPSA) is 17.1 Å². The van der Waals surface area contributed by atoms with Crippen LogP contribution in [0.3, 0.4) is 0 Å². The van der Waals surface area contributed by atoms with Crippen molar-refractivity contribution in [3.05, 3.63) is 70.6 Å². The molecule has 1 heterocycles. The molecular weight excluding hydrogens is 252 g/mol. The Hall–Kier alpha value is -1.93. The van der Waals surface area contributed by atoms with Gasteiger partial charge in [0.1, 0.15) is 0 Å². The predicted octanol–water partition coefficient (Wildman–Crippen LogP) is 4.64. The fraction of sp³-hybridized carbons (Fsp3) is 0.118. The standard InChI is InChI=1S/C17H14OS/c1-12-4-2-5-13(10-12)11-16(18)15-7-3-6-14-8-9-19-17(14)15/h2-10H,11H2,1H3. The van der Waals surface area contributed by atoms with E-state index in [4.69, 9.17) is 0 Å². The number of Topliss-reactive ketones (excluding diaryl/α,β-unsaturated/α-hetero) is 1. The number of fused-ring (bicyclic) bond motifs is 1. The molecule has 0 unspecified atom stereocenters. The van der Waals surface area contributed by atoms with Crippen molar-refractivity contribution in [1.82, 2.24) is 0 Å². The number of thiophene rings is 1. The third-order valence-corrected chi connectivity index (χ3v) is 4.19. The molecule has 19 heavy (non-hydrogen) atoms. The number of hydrogen-bond acceptors (Lipinski definition) is 2. The quantitative estimate of drug-likeness (QED) is 0.631. The van der Waals surface area contributed by atoms with Crippen molar-refractivity contribution >= 4 is 27.2 Å². The van der Waals surface area contributed by atoms with E-state index in [2.05, 4.69) is 18.2 Å². The summed E-state index contributed by atoms with van der Waals surface area (Å²) in [6.45, 7) is 2.05. The Morgan fingerprint density at radius 2 is 1.95 bits per heavy atom. The van der Waals surface area contributed by atoms with E-state index in [0.29, 0.717) is 6.42 Å². The van der Waals surface area contributed by atoms with Crippen molar-refractivity contribution in [3.8, 4) is 0 Å². The minimum absolute atomic E-state index is 0.193. The third-order valence-electron chi connectivity index (χ3n) is 3.23. The zero-order chi connectivity index (χ0) is 13.2. The summed E-state index contributed by atoms with van der Waals surface area (Å²) >= 11 is 1.64.